The van der Waals surface area contributed by atoms with Gasteiger partial charge in [0.05, 0.1) is 0 Å². The van der Waals surface area contributed by atoms with Gasteiger partial charge in [-0.2, -0.15) is 0 Å². The Labute approximate surface area is 284 Å². The maximum Gasteiger partial charge on any atom is 0.164 e. The molecule has 230 valence electrons. The molecular formula is C45H29N3O. The van der Waals surface area contributed by atoms with E-state index in [1.54, 1.807) is 0 Å². The second kappa shape index (κ2) is 12.2. The summed E-state index contributed by atoms with van der Waals surface area (Å²) in [5.74, 6) is 1.85. The maximum absolute atomic E-state index is 6.57. The third kappa shape index (κ3) is 5.45. The molecule has 4 heteroatoms. The molecule has 0 aliphatic rings. The van der Waals surface area contributed by atoms with Gasteiger partial charge in [-0.3, -0.25) is 0 Å². The molecule has 0 spiro atoms. The van der Waals surface area contributed by atoms with Gasteiger partial charge in [0.2, 0.25) is 0 Å². The fourth-order valence-corrected chi connectivity index (χ4v) is 6.52. The van der Waals surface area contributed by atoms with E-state index in [0.29, 0.717) is 17.5 Å². The minimum absolute atomic E-state index is 0.596. The van der Waals surface area contributed by atoms with Gasteiger partial charge in [0.1, 0.15) is 11.2 Å². The normalized spacial score (nSPS) is 11.3. The van der Waals surface area contributed by atoms with Gasteiger partial charge >= 0.3 is 0 Å². The zero-order chi connectivity index (χ0) is 32.6. The van der Waals surface area contributed by atoms with Crippen LogP contribution in [0.4, 0.5) is 0 Å². The van der Waals surface area contributed by atoms with Crippen LogP contribution in [0.3, 0.4) is 0 Å². The smallest absolute Gasteiger partial charge is 0.164 e. The largest absolute Gasteiger partial charge is 0.456 e. The van der Waals surface area contributed by atoms with Crippen LogP contribution in [0.2, 0.25) is 0 Å². The molecule has 0 radical (unpaired) electrons. The molecule has 9 aromatic rings. The summed E-state index contributed by atoms with van der Waals surface area (Å²) >= 11 is 0. The molecule has 0 amide bonds. The van der Waals surface area contributed by atoms with Gasteiger partial charge in [0, 0.05) is 27.5 Å². The SMILES string of the molecule is c1ccc(-c2cc(-c3ccccc3)cc(-c3cccc4oc5cc(-c6nc(-c7ccccc7)nc(-c7ccccc7)n6)ccc5c34)c2)cc1. The zero-order valence-corrected chi connectivity index (χ0v) is 26.5. The van der Waals surface area contributed by atoms with Gasteiger partial charge in [-0.05, 0) is 69.8 Å². The summed E-state index contributed by atoms with van der Waals surface area (Å²) in [4.78, 5) is 14.7. The Hall–Kier alpha value is -6.65. The molecule has 0 fully saturated rings. The van der Waals surface area contributed by atoms with Crippen molar-refractivity contribution in [1.29, 1.82) is 0 Å². The summed E-state index contributed by atoms with van der Waals surface area (Å²) in [6, 6.07) is 60.6. The molecule has 4 nitrogen and oxygen atoms in total. The predicted octanol–water partition coefficient (Wildman–Crippen LogP) is 11.8. The first-order chi connectivity index (χ1) is 24.3. The summed E-state index contributed by atoms with van der Waals surface area (Å²) < 4.78 is 6.57. The predicted molar refractivity (Wildman–Crippen MR) is 200 cm³/mol. The van der Waals surface area contributed by atoms with Gasteiger partial charge in [-0.15, -0.1) is 0 Å². The second-order valence-electron chi connectivity index (χ2n) is 12.1. The van der Waals surface area contributed by atoms with E-state index in [1.807, 2.05) is 72.8 Å². The van der Waals surface area contributed by atoms with Gasteiger partial charge in [-0.1, -0.05) is 140 Å². The molecule has 0 N–H and O–H groups in total. The highest BCUT2D eigenvalue weighted by Crippen LogP contribution is 2.41. The molecule has 0 aliphatic carbocycles. The highest BCUT2D eigenvalue weighted by molar-refractivity contribution is 6.13. The molecule has 0 saturated heterocycles. The van der Waals surface area contributed by atoms with Gasteiger partial charge in [-0.25, -0.2) is 15.0 Å². The average molecular weight is 628 g/mol. The Kier molecular flexibility index (Phi) is 7.10. The molecular weight excluding hydrogens is 599 g/mol. The molecule has 2 aromatic heterocycles. The van der Waals surface area contributed by atoms with Gasteiger partial charge < -0.3 is 4.42 Å². The van der Waals surface area contributed by atoms with Crippen molar-refractivity contribution >= 4 is 21.9 Å². The summed E-state index contributed by atoms with van der Waals surface area (Å²) in [5, 5.41) is 2.13. The third-order valence-electron chi connectivity index (χ3n) is 8.91. The summed E-state index contributed by atoms with van der Waals surface area (Å²) in [5.41, 5.74) is 11.3. The molecule has 7 aromatic carbocycles. The van der Waals surface area contributed by atoms with Crippen molar-refractivity contribution in [2.45, 2.75) is 0 Å². The number of nitrogens with zero attached hydrogens (tertiary/aromatic N) is 3. The fourth-order valence-electron chi connectivity index (χ4n) is 6.52. The first-order valence-corrected chi connectivity index (χ1v) is 16.4. The number of aromatic nitrogens is 3. The number of hydrogen-bond acceptors (Lipinski definition) is 4. The standard InChI is InChI=1S/C45H29N3O/c1-5-14-30(15-6-1)35-26-36(31-16-7-2-8-17-31)28-37(27-35)38-22-13-23-40-42(38)39-25-24-34(29-41(39)49-40)45-47-43(32-18-9-3-10-19-32)46-44(48-45)33-20-11-4-12-21-33/h1-29H. The van der Waals surface area contributed by atoms with Crippen LogP contribution >= 0.6 is 0 Å². The number of furan rings is 1. The lowest BCUT2D eigenvalue weighted by Crippen LogP contribution is -2.00. The molecule has 9 rings (SSSR count). The lowest BCUT2D eigenvalue weighted by atomic mass is 9.91. The first-order valence-electron chi connectivity index (χ1n) is 16.4. The maximum atomic E-state index is 6.57. The molecule has 0 atom stereocenters. The molecule has 0 bridgehead atoms. The van der Waals surface area contributed by atoms with Crippen molar-refractivity contribution < 1.29 is 4.42 Å². The van der Waals surface area contributed by atoms with Crippen LogP contribution < -0.4 is 0 Å². The van der Waals surface area contributed by atoms with Crippen molar-refractivity contribution in [2.75, 3.05) is 0 Å². The van der Waals surface area contributed by atoms with Crippen LogP contribution in [-0.4, -0.2) is 15.0 Å². The van der Waals surface area contributed by atoms with E-state index in [-0.39, 0.29) is 0 Å². The third-order valence-corrected chi connectivity index (χ3v) is 8.91. The Morgan fingerprint density at radius 2 is 0.776 bits per heavy atom. The van der Waals surface area contributed by atoms with Crippen molar-refractivity contribution in [2.24, 2.45) is 0 Å². The monoisotopic (exact) mass is 627 g/mol. The van der Waals surface area contributed by atoms with Crippen LogP contribution in [0, 0.1) is 0 Å². The first kappa shape index (κ1) is 28.6. The lowest BCUT2D eigenvalue weighted by molar-refractivity contribution is 0.669. The highest BCUT2D eigenvalue weighted by atomic mass is 16.3. The molecule has 0 aliphatic heterocycles. The van der Waals surface area contributed by atoms with Crippen LogP contribution in [0.5, 0.6) is 0 Å². The van der Waals surface area contributed by atoms with Gasteiger partial charge in [0.15, 0.2) is 17.5 Å². The Morgan fingerprint density at radius 1 is 0.306 bits per heavy atom. The number of hydrogen-bond donors (Lipinski definition) is 0. The molecule has 49 heavy (non-hydrogen) atoms. The Balaban J connectivity index is 1.20. The number of rotatable bonds is 6. The van der Waals surface area contributed by atoms with Crippen LogP contribution in [0.1, 0.15) is 0 Å². The quantitative estimate of drug-likeness (QED) is 0.184. The summed E-state index contributed by atoms with van der Waals surface area (Å²) in [7, 11) is 0. The van der Waals surface area contributed by atoms with Crippen molar-refractivity contribution in [3.05, 3.63) is 176 Å². The van der Waals surface area contributed by atoms with E-state index in [9.17, 15) is 0 Å². The van der Waals surface area contributed by atoms with Crippen molar-refractivity contribution in [3.63, 3.8) is 0 Å². The van der Waals surface area contributed by atoms with Crippen LogP contribution in [-0.2, 0) is 0 Å². The molecule has 0 unspecified atom stereocenters. The minimum Gasteiger partial charge on any atom is -0.456 e. The van der Waals surface area contributed by atoms with E-state index in [0.717, 1.165) is 49.8 Å². The summed E-state index contributed by atoms with van der Waals surface area (Å²) in [6.07, 6.45) is 0. The van der Waals surface area contributed by atoms with Crippen molar-refractivity contribution in [3.8, 4) is 67.5 Å². The topological polar surface area (TPSA) is 51.8 Å². The number of benzene rings is 7. The molecule has 2 heterocycles. The van der Waals surface area contributed by atoms with E-state index in [4.69, 9.17) is 19.4 Å². The Bertz CT molecular complexity index is 2460. The van der Waals surface area contributed by atoms with E-state index in [1.165, 1.54) is 22.3 Å². The van der Waals surface area contributed by atoms with E-state index in [2.05, 4.69) is 103 Å². The highest BCUT2D eigenvalue weighted by Gasteiger charge is 2.17. The van der Waals surface area contributed by atoms with Crippen LogP contribution in [0.15, 0.2) is 180 Å². The van der Waals surface area contributed by atoms with E-state index >= 15 is 0 Å². The summed E-state index contributed by atoms with van der Waals surface area (Å²) in [6.45, 7) is 0. The van der Waals surface area contributed by atoms with Gasteiger partial charge in [0.25, 0.3) is 0 Å². The number of fused-ring (bicyclic) bond motifs is 3. The lowest BCUT2D eigenvalue weighted by Gasteiger charge is -2.12. The Morgan fingerprint density at radius 3 is 1.31 bits per heavy atom. The van der Waals surface area contributed by atoms with Crippen LogP contribution in [0.25, 0.3) is 89.5 Å². The van der Waals surface area contributed by atoms with Crippen molar-refractivity contribution in [1.82, 2.24) is 15.0 Å². The minimum atomic E-state index is 0.596. The average Bonchev–Trinajstić information content (AvgIpc) is 3.57. The van der Waals surface area contributed by atoms with E-state index < -0.39 is 0 Å². The molecule has 0 saturated carbocycles. The fraction of sp³-hybridized carbons (Fsp3) is 0. The second-order valence-corrected chi connectivity index (χ2v) is 12.1. The zero-order valence-electron chi connectivity index (χ0n) is 26.5.